The predicted molar refractivity (Wildman–Crippen MR) is 214 cm³/mol. The first-order chi connectivity index (χ1) is 28.2. The number of anilines is 1. The Kier molecular flexibility index (Phi) is 10.6. The van der Waals surface area contributed by atoms with Crippen LogP contribution in [0.2, 0.25) is 0 Å². The van der Waals surface area contributed by atoms with Crippen LogP contribution in [0.15, 0.2) is 124 Å². The lowest BCUT2D eigenvalue weighted by Crippen LogP contribution is -2.71. The molecule has 6 aromatic rings. The molecule has 0 bridgehead atoms. The first-order valence-electron chi connectivity index (χ1n) is 17.4. The van der Waals surface area contributed by atoms with E-state index in [1.54, 1.807) is 5.38 Å². The van der Waals surface area contributed by atoms with E-state index in [2.05, 4.69) is 36.4 Å². The van der Waals surface area contributed by atoms with Crippen molar-refractivity contribution < 1.29 is 34.2 Å². The molecule has 20 heteroatoms. The Morgan fingerprint density at radius 3 is 2.19 bits per heavy atom. The number of fused-ring (bicyclic) bond motifs is 2. The number of β-lactam (4-membered cyclic amide) rings is 1. The Balaban J connectivity index is 1.02. The van der Waals surface area contributed by atoms with Crippen LogP contribution in [0.4, 0.5) is 5.13 Å². The average Bonchev–Trinajstić information content (AvgIpc) is 3.93. The van der Waals surface area contributed by atoms with Crippen LogP contribution in [-0.4, -0.2) is 105 Å². The van der Waals surface area contributed by atoms with Gasteiger partial charge < -0.3 is 25.7 Å². The van der Waals surface area contributed by atoms with E-state index < -0.39 is 40.7 Å². The van der Waals surface area contributed by atoms with Crippen LogP contribution >= 0.6 is 34.9 Å². The molecule has 5 heterocycles. The molecule has 292 valence electrons. The van der Waals surface area contributed by atoms with E-state index in [1.165, 1.54) is 36.3 Å². The zero-order chi connectivity index (χ0) is 40.4. The molecule has 0 radical (unpaired) electrons. The summed E-state index contributed by atoms with van der Waals surface area (Å²) < 4.78 is 0.980. The SMILES string of the molecule is CON=C(C(=O)NC1C(=O)N2C(C(=O)O)=C(CSc3cc(C(=O)O)c4nnnn4n3)CS[C@@H]12)c1csc(NC(c2ccccc2)(c2ccccc2)c2ccccc2)n1. The highest BCUT2D eigenvalue weighted by atomic mass is 32.2. The Labute approximate surface area is 341 Å². The Hall–Kier alpha value is -6.64. The van der Waals surface area contributed by atoms with Crippen LogP contribution in [0, 0.1) is 0 Å². The third-order valence-electron chi connectivity index (χ3n) is 9.38. The molecule has 1 saturated heterocycles. The number of amides is 2. The number of hydrogen-bond donors (Lipinski definition) is 4. The number of oxime groups is 1. The number of benzene rings is 3. The molecule has 1 unspecified atom stereocenters. The zero-order valence-corrected chi connectivity index (χ0v) is 32.6. The number of thioether (sulfide) groups is 2. The quantitative estimate of drug-likeness (QED) is 0.0401. The number of thiazole rings is 1. The van der Waals surface area contributed by atoms with Gasteiger partial charge in [0.2, 0.25) is 5.65 Å². The third-order valence-corrected chi connectivity index (χ3v) is 12.5. The van der Waals surface area contributed by atoms with Gasteiger partial charge in [-0.25, -0.2) is 14.6 Å². The number of carboxylic acid groups (broad SMARTS) is 2. The molecule has 17 nitrogen and oxygen atoms in total. The predicted octanol–water partition coefficient (Wildman–Crippen LogP) is 3.96. The van der Waals surface area contributed by atoms with Gasteiger partial charge in [-0.2, -0.15) is 0 Å². The molecule has 3 aromatic heterocycles. The molecule has 2 atom stereocenters. The van der Waals surface area contributed by atoms with Crippen LogP contribution in [-0.2, 0) is 24.8 Å². The summed E-state index contributed by atoms with van der Waals surface area (Å²) in [5.74, 6) is -3.66. The van der Waals surface area contributed by atoms with E-state index >= 15 is 0 Å². The molecule has 58 heavy (non-hydrogen) atoms. The van der Waals surface area contributed by atoms with Gasteiger partial charge in [-0.15, -0.1) is 37.9 Å². The zero-order valence-electron chi connectivity index (χ0n) is 30.1. The van der Waals surface area contributed by atoms with Gasteiger partial charge in [0.1, 0.15) is 46.0 Å². The van der Waals surface area contributed by atoms with Gasteiger partial charge in [-0.3, -0.25) is 14.5 Å². The number of tetrazole rings is 1. The molecular formula is C38H30N10O7S3. The van der Waals surface area contributed by atoms with Crippen LogP contribution in [0.3, 0.4) is 0 Å². The van der Waals surface area contributed by atoms with Gasteiger partial charge >= 0.3 is 11.9 Å². The van der Waals surface area contributed by atoms with Gasteiger partial charge in [0, 0.05) is 16.9 Å². The summed E-state index contributed by atoms with van der Waals surface area (Å²) in [7, 11) is 1.29. The molecule has 2 amide bonds. The van der Waals surface area contributed by atoms with Crippen molar-refractivity contribution in [3.05, 3.63) is 142 Å². The van der Waals surface area contributed by atoms with Crippen LogP contribution < -0.4 is 10.6 Å². The number of aromatic carboxylic acids is 1. The second kappa shape index (κ2) is 16.1. The summed E-state index contributed by atoms with van der Waals surface area (Å²) in [6, 6.07) is 30.1. The maximum atomic E-state index is 13.8. The highest BCUT2D eigenvalue weighted by Crippen LogP contribution is 2.43. The lowest BCUT2D eigenvalue weighted by atomic mass is 9.77. The largest absolute Gasteiger partial charge is 0.478 e. The van der Waals surface area contributed by atoms with Gasteiger partial charge in [0.15, 0.2) is 10.8 Å². The lowest BCUT2D eigenvalue weighted by molar-refractivity contribution is -0.150. The average molecular weight is 835 g/mol. The first-order valence-corrected chi connectivity index (χ1v) is 20.3. The fraction of sp³-hybridized carbons (Fsp3) is 0.158. The molecule has 1 fully saturated rings. The van der Waals surface area contributed by atoms with E-state index in [1.807, 2.05) is 91.0 Å². The molecule has 2 aliphatic rings. The van der Waals surface area contributed by atoms with E-state index in [4.69, 9.17) is 9.82 Å². The number of carbonyl (C=O) groups excluding carboxylic acids is 2. The number of hydrogen-bond acceptors (Lipinski definition) is 15. The Morgan fingerprint density at radius 2 is 1.60 bits per heavy atom. The van der Waals surface area contributed by atoms with Crippen LogP contribution in [0.1, 0.15) is 32.7 Å². The molecule has 0 saturated carbocycles. The fourth-order valence-corrected chi connectivity index (χ4v) is 9.91. The second-order valence-electron chi connectivity index (χ2n) is 12.7. The maximum absolute atomic E-state index is 13.8. The maximum Gasteiger partial charge on any atom is 0.352 e. The van der Waals surface area contributed by atoms with E-state index in [-0.39, 0.29) is 44.8 Å². The topological polar surface area (TPSA) is 226 Å². The van der Waals surface area contributed by atoms with Crippen molar-refractivity contribution in [1.82, 2.24) is 40.5 Å². The normalized spacial score (nSPS) is 16.7. The van der Waals surface area contributed by atoms with Crippen molar-refractivity contribution in [3.8, 4) is 0 Å². The number of nitrogens with one attached hydrogen (secondary N) is 2. The van der Waals surface area contributed by atoms with Crippen molar-refractivity contribution in [3.63, 3.8) is 0 Å². The minimum Gasteiger partial charge on any atom is -0.478 e. The molecule has 3 aromatic carbocycles. The summed E-state index contributed by atoms with van der Waals surface area (Å²) in [6.45, 7) is 0. The van der Waals surface area contributed by atoms with Crippen LogP contribution in [0.5, 0.6) is 0 Å². The van der Waals surface area contributed by atoms with Crippen molar-refractivity contribution >= 4 is 75.1 Å². The second-order valence-corrected chi connectivity index (χ2v) is 15.7. The molecule has 8 rings (SSSR count). The Bertz CT molecular complexity index is 2510. The summed E-state index contributed by atoms with van der Waals surface area (Å²) in [4.78, 5) is 62.7. The van der Waals surface area contributed by atoms with Crippen molar-refractivity contribution in [2.24, 2.45) is 5.16 Å². The van der Waals surface area contributed by atoms with E-state index in [9.17, 15) is 29.4 Å². The molecular weight excluding hydrogens is 805 g/mol. The minimum absolute atomic E-state index is 0.0422. The minimum atomic E-state index is -1.32. The molecule has 2 aliphatic heterocycles. The van der Waals surface area contributed by atoms with E-state index in [0.717, 1.165) is 38.0 Å². The smallest absolute Gasteiger partial charge is 0.352 e. The van der Waals surface area contributed by atoms with Gasteiger partial charge in [-0.1, -0.05) is 108 Å². The Morgan fingerprint density at radius 1 is 0.966 bits per heavy atom. The molecule has 4 N–H and O–H groups in total. The van der Waals surface area contributed by atoms with Gasteiger partial charge in [0.25, 0.3) is 11.8 Å². The van der Waals surface area contributed by atoms with Gasteiger partial charge in [0.05, 0.1) is 0 Å². The van der Waals surface area contributed by atoms with Crippen molar-refractivity contribution in [2.45, 2.75) is 22.0 Å². The lowest BCUT2D eigenvalue weighted by Gasteiger charge is -2.49. The number of aromatic nitrogens is 6. The van der Waals surface area contributed by atoms with Gasteiger partial charge in [-0.05, 0) is 38.8 Å². The van der Waals surface area contributed by atoms with Crippen LogP contribution in [0.25, 0.3) is 5.65 Å². The highest BCUT2D eigenvalue weighted by Gasteiger charge is 2.54. The highest BCUT2D eigenvalue weighted by molar-refractivity contribution is 8.01. The first kappa shape index (κ1) is 38.2. The number of carboxylic acids is 2. The summed E-state index contributed by atoms with van der Waals surface area (Å²) in [5.41, 5.74) is 1.98. The summed E-state index contributed by atoms with van der Waals surface area (Å²) in [6.07, 6.45) is 0. The standard InChI is InChI=1S/C38H30N10O7S3/c1-55-44-28(26-20-58-37(39-26)41-38(22-11-5-2-6-12-22,23-13-7-3-8-14-23)24-15-9-4-10-16-24)32(49)40-29-33(50)47-30(36(53)54)21(19-57-34(29)47)18-56-27-17-25(35(51)52)31-42-45-46-48(31)43-27/h2-17,20,29,34H,18-19H2,1H3,(H,39,41)(H,40,49)(H,51,52)(H,53,54)/t29?,34-/m0/s1. The summed E-state index contributed by atoms with van der Waals surface area (Å²) >= 11 is 3.61. The molecule has 0 spiro atoms. The number of nitrogens with zero attached hydrogens (tertiary/aromatic N) is 8. The van der Waals surface area contributed by atoms with Crippen molar-refractivity contribution in [2.75, 3.05) is 23.9 Å². The monoisotopic (exact) mass is 834 g/mol. The fourth-order valence-electron chi connectivity index (χ4n) is 6.79. The molecule has 0 aliphatic carbocycles. The third kappa shape index (κ3) is 7.01. The number of rotatable bonds is 14. The number of aliphatic carboxylic acids is 1. The van der Waals surface area contributed by atoms with E-state index in [0.29, 0.717) is 10.7 Å². The van der Waals surface area contributed by atoms with Crippen molar-refractivity contribution in [1.29, 1.82) is 0 Å². The summed E-state index contributed by atoms with van der Waals surface area (Å²) in [5, 5.41) is 46.9. The number of carbonyl (C=O) groups is 4.